The fourth-order valence-corrected chi connectivity index (χ4v) is 1.88. The number of carbonyl (C=O) groups excluding carboxylic acids is 2. The van der Waals surface area contributed by atoms with Crippen molar-refractivity contribution in [3.63, 3.8) is 0 Å². The predicted molar refractivity (Wildman–Crippen MR) is 88.2 cm³/mol. The SMILES string of the molecule is CCOc1ccc(OCCC(=O)OCC(=O)NC(C)COC)cc1. The summed E-state index contributed by atoms with van der Waals surface area (Å²) in [6.45, 7) is 4.58. The highest BCUT2D eigenvalue weighted by Crippen LogP contribution is 2.17. The summed E-state index contributed by atoms with van der Waals surface area (Å²) < 4.78 is 20.5. The molecule has 24 heavy (non-hydrogen) atoms. The lowest BCUT2D eigenvalue weighted by molar-refractivity contribution is -0.149. The lowest BCUT2D eigenvalue weighted by atomic mass is 10.3. The van der Waals surface area contributed by atoms with Gasteiger partial charge in [0.2, 0.25) is 0 Å². The van der Waals surface area contributed by atoms with E-state index in [9.17, 15) is 9.59 Å². The first-order chi connectivity index (χ1) is 11.5. The molecule has 0 heterocycles. The average Bonchev–Trinajstić information content (AvgIpc) is 2.55. The maximum atomic E-state index is 11.6. The zero-order chi connectivity index (χ0) is 17.8. The van der Waals surface area contributed by atoms with Crippen molar-refractivity contribution in [2.75, 3.05) is 33.5 Å². The second kappa shape index (κ2) is 11.3. The van der Waals surface area contributed by atoms with Crippen LogP contribution < -0.4 is 14.8 Å². The van der Waals surface area contributed by atoms with Gasteiger partial charge in [0, 0.05) is 13.2 Å². The van der Waals surface area contributed by atoms with Gasteiger partial charge in [-0.2, -0.15) is 0 Å². The van der Waals surface area contributed by atoms with Gasteiger partial charge < -0.3 is 24.3 Å². The van der Waals surface area contributed by atoms with Crippen molar-refractivity contribution < 1.29 is 28.5 Å². The van der Waals surface area contributed by atoms with E-state index in [1.54, 1.807) is 38.3 Å². The van der Waals surface area contributed by atoms with Gasteiger partial charge in [-0.3, -0.25) is 9.59 Å². The average molecular weight is 339 g/mol. The lowest BCUT2D eigenvalue weighted by Gasteiger charge is -2.12. The Kier molecular flexibility index (Phi) is 9.29. The van der Waals surface area contributed by atoms with E-state index in [4.69, 9.17) is 18.9 Å². The smallest absolute Gasteiger partial charge is 0.309 e. The van der Waals surface area contributed by atoms with E-state index in [0.717, 1.165) is 5.75 Å². The van der Waals surface area contributed by atoms with Crippen molar-refractivity contribution >= 4 is 11.9 Å². The molecule has 0 radical (unpaired) electrons. The predicted octanol–water partition coefficient (Wildman–Crippen LogP) is 1.55. The monoisotopic (exact) mass is 339 g/mol. The van der Waals surface area contributed by atoms with Crippen LogP contribution >= 0.6 is 0 Å². The molecule has 0 aliphatic carbocycles. The fourth-order valence-electron chi connectivity index (χ4n) is 1.88. The zero-order valence-corrected chi connectivity index (χ0v) is 14.4. The number of methoxy groups -OCH3 is 1. The molecule has 7 heteroatoms. The molecule has 134 valence electrons. The number of esters is 1. The third-order valence-electron chi connectivity index (χ3n) is 2.90. The number of hydrogen-bond acceptors (Lipinski definition) is 6. The van der Waals surface area contributed by atoms with Crippen molar-refractivity contribution in [2.24, 2.45) is 0 Å². The van der Waals surface area contributed by atoms with E-state index in [0.29, 0.717) is 19.0 Å². The van der Waals surface area contributed by atoms with Gasteiger partial charge >= 0.3 is 5.97 Å². The summed E-state index contributed by atoms with van der Waals surface area (Å²) >= 11 is 0. The first-order valence-corrected chi connectivity index (χ1v) is 7.84. The van der Waals surface area contributed by atoms with Crippen LogP contribution in [0.5, 0.6) is 11.5 Å². The first-order valence-electron chi connectivity index (χ1n) is 7.84. The minimum Gasteiger partial charge on any atom is -0.494 e. The number of ether oxygens (including phenoxy) is 4. The Bertz CT molecular complexity index is 502. The Morgan fingerprint density at radius 2 is 1.75 bits per heavy atom. The van der Waals surface area contributed by atoms with Crippen LogP contribution in [0, 0.1) is 0 Å². The number of nitrogens with one attached hydrogen (secondary N) is 1. The van der Waals surface area contributed by atoms with Crippen LogP contribution in [0.25, 0.3) is 0 Å². The summed E-state index contributed by atoms with van der Waals surface area (Å²) in [5.41, 5.74) is 0. The van der Waals surface area contributed by atoms with Crippen LogP contribution in [0.3, 0.4) is 0 Å². The molecule has 0 aliphatic heterocycles. The summed E-state index contributed by atoms with van der Waals surface area (Å²) in [7, 11) is 1.55. The number of carbonyl (C=O) groups is 2. The molecule has 0 aromatic heterocycles. The molecule has 1 aromatic carbocycles. The Balaban J connectivity index is 2.18. The molecule has 0 bridgehead atoms. The minimum atomic E-state index is -0.490. The maximum Gasteiger partial charge on any atom is 0.309 e. The highest BCUT2D eigenvalue weighted by Gasteiger charge is 2.10. The molecule has 1 aromatic rings. The molecule has 1 rings (SSSR count). The van der Waals surface area contributed by atoms with E-state index in [1.807, 2.05) is 6.92 Å². The molecule has 1 atom stereocenters. The molecule has 1 amide bonds. The Morgan fingerprint density at radius 1 is 1.12 bits per heavy atom. The molecule has 0 spiro atoms. The molecule has 7 nitrogen and oxygen atoms in total. The van der Waals surface area contributed by atoms with Gasteiger partial charge in [0.25, 0.3) is 5.91 Å². The van der Waals surface area contributed by atoms with Crippen LogP contribution in [0.15, 0.2) is 24.3 Å². The molecule has 0 aliphatic rings. The minimum absolute atomic E-state index is 0.0636. The van der Waals surface area contributed by atoms with Crippen molar-refractivity contribution in [1.29, 1.82) is 0 Å². The van der Waals surface area contributed by atoms with Gasteiger partial charge in [0.15, 0.2) is 6.61 Å². The highest BCUT2D eigenvalue weighted by molar-refractivity contribution is 5.80. The third kappa shape index (κ3) is 8.38. The fraction of sp³-hybridized carbons (Fsp3) is 0.529. The van der Waals surface area contributed by atoms with Crippen LogP contribution in [-0.4, -0.2) is 51.5 Å². The summed E-state index contributed by atoms with van der Waals surface area (Å²) in [4.78, 5) is 23.1. The van der Waals surface area contributed by atoms with Gasteiger partial charge in [-0.25, -0.2) is 0 Å². The summed E-state index contributed by atoms with van der Waals surface area (Å²) in [6, 6.07) is 6.98. The molecule has 0 saturated heterocycles. The number of amides is 1. The number of rotatable bonds is 11. The Morgan fingerprint density at radius 3 is 2.33 bits per heavy atom. The van der Waals surface area contributed by atoms with Crippen molar-refractivity contribution in [3.8, 4) is 11.5 Å². The maximum absolute atomic E-state index is 11.6. The Labute approximate surface area is 142 Å². The lowest BCUT2D eigenvalue weighted by Crippen LogP contribution is -2.38. The van der Waals surface area contributed by atoms with E-state index < -0.39 is 5.97 Å². The van der Waals surface area contributed by atoms with Gasteiger partial charge in [0.05, 0.1) is 26.2 Å². The number of benzene rings is 1. The van der Waals surface area contributed by atoms with Crippen molar-refractivity contribution in [1.82, 2.24) is 5.32 Å². The summed E-state index contributed by atoms with van der Waals surface area (Å²) in [5, 5.41) is 2.65. The van der Waals surface area contributed by atoms with Crippen molar-refractivity contribution in [3.05, 3.63) is 24.3 Å². The van der Waals surface area contributed by atoms with E-state index >= 15 is 0 Å². The quantitative estimate of drug-likeness (QED) is 0.616. The number of hydrogen-bond donors (Lipinski definition) is 1. The molecule has 1 N–H and O–H groups in total. The van der Waals surface area contributed by atoms with Crippen LogP contribution in [0.4, 0.5) is 0 Å². The van der Waals surface area contributed by atoms with Crippen LogP contribution in [-0.2, 0) is 19.1 Å². The van der Waals surface area contributed by atoms with Gasteiger partial charge in [-0.15, -0.1) is 0 Å². The van der Waals surface area contributed by atoms with Gasteiger partial charge in [-0.05, 0) is 38.1 Å². The highest BCUT2D eigenvalue weighted by atomic mass is 16.5. The molecule has 0 fully saturated rings. The van der Waals surface area contributed by atoms with E-state index in [-0.39, 0.29) is 31.6 Å². The van der Waals surface area contributed by atoms with Crippen LogP contribution in [0.2, 0.25) is 0 Å². The standard InChI is InChI=1S/C17H25NO6/c1-4-22-14-5-7-15(8-6-14)23-10-9-17(20)24-12-16(19)18-13(2)11-21-3/h5-8,13H,4,9-12H2,1-3H3,(H,18,19). The molecule has 0 saturated carbocycles. The van der Waals surface area contributed by atoms with Crippen LogP contribution in [0.1, 0.15) is 20.3 Å². The first kappa shape index (κ1) is 19.8. The normalized spacial score (nSPS) is 11.5. The Hall–Kier alpha value is -2.28. The molecular weight excluding hydrogens is 314 g/mol. The van der Waals surface area contributed by atoms with E-state index in [2.05, 4.69) is 5.32 Å². The summed E-state index contributed by atoms with van der Waals surface area (Å²) in [5.74, 6) is 0.547. The summed E-state index contributed by atoms with van der Waals surface area (Å²) in [6.07, 6.45) is 0.0636. The second-order valence-electron chi connectivity index (χ2n) is 5.09. The second-order valence-corrected chi connectivity index (χ2v) is 5.09. The van der Waals surface area contributed by atoms with E-state index in [1.165, 1.54) is 0 Å². The topological polar surface area (TPSA) is 83.1 Å². The molecule has 1 unspecified atom stereocenters. The van der Waals surface area contributed by atoms with Gasteiger partial charge in [-0.1, -0.05) is 0 Å². The van der Waals surface area contributed by atoms with Gasteiger partial charge in [0.1, 0.15) is 11.5 Å². The molecular formula is C17H25NO6. The largest absolute Gasteiger partial charge is 0.494 e. The third-order valence-corrected chi connectivity index (χ3v) is 2.90. The zero-order valence-electron chi connectivity index (χ0n) is 14.4. The van der Waals surface area contributed by atoms with Crippen molar-refractivity contribution in [2.45, 2.75) is 26.3 Å².